The van der Waals surface area contributed by atoms with E-state index in [9.17, 15) is 13.2 Å². The minimum Gasteiger partial charge on any atom is -0.493 e. The molecular weight excluding hydrogens is 259 g/mol. The highest BCUT2D eigenvalue weighted by Crippen LogP contribution is 2.37. The fourth-order valence-corrected chi connectivity index (χ4v) is 1.97. The molecule has 1 atom stereocenters. The monoisotopic (exact) mass is 275 g/mol. The number of rotatable bonds is 4. The maximum absolute atomic E-state index is 12.9. The van der Waals surface area contributed by atoms with Crippen molar-refractivity contribution in [1.29, 1.82) is 0 Å². The molecule has 1 unspecified atom stereocenters. The van der Waals surface area contributed by atoms with Crippen molar-refractivity contribution in [1.82, 2.24) is 0 Å². The van der Waals surface area contributed by atoms with E-state index in [4.69, 9.17) is 15.2 Å². The second kappa shape index (κ2) is 5.79. The molecule has 19 heavy (non-hydrogen) atoms. The average molecular weight is 275 g/mol. The molecule has 106 valence electrons. The molecule has 1 heterocycles. The lowest BCUT2D eigenvalue weighted by molar-refractivity contribution is -0.139. The highest BCUT2D eigenvalue weighted by molar-refractivity contribution is 5.39. The molecule has 1 aromatic rings. The van der Waals surface area contributed by atoms with Gasteiger partial charge in [0, 0.05) is 19.1 Å². The number of alkyl halides is 3. The van der Waals surface area contributed by atoms with Crippen molar-refractivity contribution in [3.8, 4) is 5.75 Å². The van der Waals surface area contributed by atoms with E-state index >= 15 is 0 Å². The predicted octanol–water partition coefficient (Wildman–Crippen LogP) is 2.58. The van der Waals surface area contributed by atoms with E-state index < -0.39 is 11.7 Å². The van der Waals surface area contributed by atoms with Crippen LogP contribution < -0.4 is 10.5 Å². The largest absolute Gasteiger partial charge is 0.493 e. The Labute approximate surface area is 109 Å². The Morgan fingerprint density at radius 3 is 2.74 bits per heavy atom. The Morgan fingerprint density at radius 2 is 2.16 bits per heavy atom. The van der Waals surface area contributed by atoms with E-state index in [-0.39, 0.29) is 24.8 Å². The number of hydrogen-bond donors (Lipinski definition) is 1. The zero-order chi connectivity index (χ0) is 13.9. The third-order valence-corrected chi connectivity index (χ3v) is 3.08. The SMILES string of the molecule is NCc1ccc(OCC2CCOC2)c(C(F)(F)F)c1. The standard InChI is InChI=1S/C13H16F3NO2/c14-13(15,16)11-5-9(6-17)1-2-12(11)19-8-10-3-4-18-7-10/h1-2,5,10H,3-4,6-8,17H2. The van der Waals surface area contributed by atoms with Gasteiger partial charge in [-0.15, -0.1) is 0 Å². The minimum absolute atomic E-state index is 0.0693. The summed E-state index contributed by atoms with van der Waals surface area (Å²) < 4.78 is 49.2. The van der Waals surface area contributed by atoms with Crippen LogP contribution in [0.5, 0.6) is 5.75 Å². The van der Waals surface area contributed by atoms with Gasteiger partial charge in [0.15, 0.2) is 0 Å². The lowest BCUT2D eigenvalue weighted by Gasteiger charge is -2.16. The summed E-state index contributed by atoms with van der Waals surface area (Å²) >= 11 is 0. The summed E-state index contributed by atoms with van der Waals surface area (Å²) in [5.74, 6) is 0.0202. The number of halogens is 3. The van der Waals surface area contributed by atoms with Gasteiger partial charge in [-0.3, -0.25) is 0 Å². The summed E-state index contributed by atoms with van der Waals surface area (Å²) in [6, 6.07) is 3.93. The molecule has 0 spiro atoms. The van der Waals surface area contributed by atoms with Gasteiger partial charge < -0.3 is 15.2 Å². The van der Waals surface area contributed by atoms with E-state index in [1.807, 2.05) is 0 Å². The van der Waals surface area contributed by atoms with E-state index in [0.29, 0.717) is 18.8 Å². The first-order valence-corrected chi connectivity index (χ1v) is 6.11. The van der Waals surface area contributed by atoms with Gasteiger partial charge >= 0.3 is 6.18 Å². The third kappa shape index (κ3) is 3.61. The van der Waals surface area contributed by atoms with Gasteiger partial charge in [-0.1, -0.05) is 6.07 Å². The van der Waals surface area contributed by atoms with E-state index in [1.54, 1.807) is 6.07 Å². The molecule has 1 aliphatic heterocycles. The first kappa shape index (κ1) is 14.1. The highest BCUT2D eigenvalue weighted by Gasteiger charge is 2.34. The van der Waals surface area contributed by atoms with Crippen LogP contribution in [0.1, 0.15) is 17.5 Å². The van der Waals surface area contributed by atoms with E-state index in [2.05, 4.69) is 0 Å². The summed E-state index contributed by atoms with van der Waals surface area (Å²) in [5, 5.41) is 0. The first-order valence-electron chi connectivity index (χ1n) is 6.11. The molecule has 6 heteroatoms. The van der Waals surface area contributed by atoms with Gasteiger partial charge in [-0.05, 0) is 24.1 Å². The Balaban J connectivity index is 2.13. The maximum Gasteiger partial charge on any atom is 0.419 e. The van der Waals surface area contributed by atoms with Crippen LogP contribution in [0.2, 0.25) is 0 Å². The minimum atomic E-state index is -4.44. The van der Waals surface area contributed by atoms with Crippen LogP contribution in [-0.4, -0.2) is 19.8 Å². The lowest BCUT2D eigenvalue weighted by Crippen LogP contribution is -2.15. The Hall–Kier alpha value is -1.27. The van der Waals surface area contributed by atoms with Crippen molar-refractivity contribution in [2.75, 3.05) is 19.8 Å². The van der Waals surface area contributed by atoms with Crippen LogP contribution in [0, 0.1) is 5.92 Å². The van der Waals surface area contributed by atoms with Crippen LogP contribution in [0.3, 0.4) is 0 Å². The molecule has 2 N–H and O–H groups in total. The van der Waals surface area contributed by atoms with Gasteiger partial charge in [0.2, 0.25) is 0 Å². The Kier molecular flexibility index (Phi) is 4.31. The van der Waals surface area contributed by atoms with Gasteiger partial charge in [-0.2, -0.15) is 13.2 Å². The molecule has 2 rings (SSSR count). The number of benzene rings is 1. The van der Waals surface area contributed by atoms with Crippen molar-refractivity contribution in [3.05, 3.63) is 29.3 Å². The summed E-state index contributed by atoms with van der Waals surface area (Å²) in [7, 11) is 0. The van der Waals surface area contributed by atoms with Gasteiger partial charge in [0.1, 0.15) is 5.75 Å². The second-order valence-corrected chi connectivity index (χ2v) is 4.57. The second-order valence-electron chi connectivity index (χ2n) is 4.57. The highest BCUT2D eigenvalue weighted by atomic mass is 19.4. The Bertz CT molecular complexity index is 428. The van der Waals surface area contributed by atoms with E-state index in [0.717, 1.165) is 12.5 Å². The fourth-order valence-electron chi connectivity index (χ4n) is 1.97. The van der Waals surface area contributed by atoms with Crippen LogP contribution in [0.15, 0.2) is 18.2 Å². The van der Waals surface area contributed by atoms with Crippen LogP contribution >= 0.6 is 0 Å². The quantitative estimate of drug-likeness (QED) is 0.918. The summed E-state index contributed by atoms with van der Waals surface area (Å²) in [6.45, 7) is 1.50. The number of hydrogen-bond acceptors (Lipinski definition) is 3. The summed E-state index contributed by atoms with van der Waals surface area (Å²) in [6.07, 6.45) is -3.62. The van der Waals surface area contributed by atoms with Crippen molar-refractivity contribution in [3.63, 3.8) is 0 Å². The van der Waals surface area contributed by atoms with Gasteiger partial charge in [-0.25, -0.2) is 0 Å². The molecule has 1 aromatic carbocycles. The van der Waals surface area contributed by atoms with Crippen molar-refractivity contribution >= 4 is 0 Å². The first-order chi connectivity index (χ1) is 9.00. The Morgan fingerprint density at radius 1 is 1.37 bits per heavy atom. The normalized spacial score (nSPS) is 19.7. The molecular formula is C13H16F3NO2. The van der Waals surface area contributed by atoms with Crippen molar-refractivity contribution in [2.45, 2.75) is 19.1 Å². The zero-order valence-corrected chi connectivity index (χ0v) is 10.4. The van der Waals surface area contributed by atoms with Crippen molar-refractivity contribution in [2.24, 2.45) is 11.7 Å². The van der Waals surface area contributed by atoms with E-state index in [1.165, 1.54) is 6.07 Å². The average Bonchev–Trinajstić information content (AvgIpc) is 2.88. The topological polar surface area (TPSA) is 44.5 Å². The molecule has 0 bridgehead atoms. The molecule has 3 nitrogen and oxygen atoms in total. The molecule has 0 aromatic heterocycles. The number of ether oxygens (including phenoxy) is 2. The number of nitrogens with two attached hydrogens (primary N) is 1. The summed E-state index contributed by atoms with van der Waals surface area (Å²) in [5.41, 5.74) is 5.03. The van der Waals surface area contributed by atoms with Crippen LogP contribution in [0.4, 0.5) is 13.2 Å². The third-order valence-electron chi connectivity index (χ3n) is 3.08. The smallest absolute Gasteiger partial charge is 0.419 e. The lowest BCUT2D eigenvalue weighted by atomic mass is 10.1. The zero-order valence-electron chi connectivity index (χ0n) is 10.4. The predicted molar refractivity (Wildman–Crippen MR) is 63.8 cm³/mol. The molecule has 1 saturated heterocycles. The summed E-state index contributed by atoms with van der Waals surface area (Å²) in [4.78, 5) is 0. The molecule has 0 amide bonds. The molecule has 0 saturated carbocycles. The van der Waals surface area contributed by atoms with Crippen molar-refractivity contribution < 1.29 is 22.6 Å². The molecule has 0 radical (unpaired) electrons. The van der Waals surface area contributed by atoms with Crippen LogP contribution in [0.25, 0.3) is 0 Å². The molecule has 1 aliphatic rings. The van der Waals surface area contributed by atoms with Crippen LogP contribution in [-0.2, 0) is 17.5 Å². The maximum atomic E-state index is 12.9. The fraction of sp³-hybridized carbons (Fsp3) is 0.538. The van der Waals surface area contributed by atoms with Gasteiger partial charge in [0.05, 0.1) is 18.8 Å². The van der Waals surface area contributed by atoms with Gasteiger partial charge in [0.25, 0.3) is 0 Å². The molecule has 0 aliphatic carbocycles. The molecule has 1 fully saturated rings.